The minimum atomic E-state index is 0.718. The smallest absolute Gasteiger partial charge is 0.0950 e. The van der Waals surface area contributed by atoms with Crippen LogP contribution in [0.2, 0.25) is 0 Å². The van der Waals surface area contributed by atoms with Crippen LogP contribution < -0.4 is 5.32 Å². The predicted octanol–water partition coefficient (Wildman–Crippen LogP) is 1.15. The van der Waals surface area contributed by atoms with Crippen molar-refractivity contribution < 1.29 is 0 Å². The summed E-state index contributed by atoms with van der Waals surface area (Å²) in [7, 11) is 0. The summed E-state index contributed by atoms with van der Waals surface area (Å²) in [6.07, 6.45) is 5.38. The molecular weight excluding hydrogens is 162 g/mol. The Morgan fingerprint density at radius 3 is 2.85 bits per heavy atom. The third kappa shape index (κ3) is 1.10. The lowest BCUT2D eigenvalue weighted by molar-refractivity contribution is 0.422. The standard InChI is InChI=1S/C10H15N3/c1-7-2-9(7)13-6-12-5-10(13)8-3-11-4-8/h5-9,11H,2-4H2,1H3. The van der Waals surface area contributed by atoms with E-state index in [0.717, 1.165) is 31.0 Å². The topological polar surface area (TPSA) is 29.9 Å². The lowest BCUT2D eigenvalue weighted by Gasteiger charge is -2.27. The number of imidazole rings is 1. The molecule has 1 saturated heterocycles. The van der Waals surface area contributed by atoms with Crippen LogP contribution in [-0.4, -0.2) is 22.6 Å². The van der Waals surface area contributed by atoms with Crippen LogP contribution in [-0.2, 0) is 0 Å². The monoisotopic (exact) mass is 177 g/mol. The highest BCUT2D eigenvalue weighted by molar-refractivity contribution is 5.14. The van der Waals surface area contributed by atoms with E-state index >= 15 is 0 Å². The van der Waals surface area contributed by atoms with Gasteiger partial charge in [-0.1, -0.05) is 6.92 Å². The molecule has 3 nitrogen and oxygen atoms in total. The van der Waals surface area contributed by atoms with Crippen molar-refractivity contribution in [3.8, 4) is 0 Å². The van der Waals surface area contributed by atoms with Gasteiger partial charge in [0.25, 0.3) is 0 Å². The van der Waals surface area contributed by atoms with E-state index in [1.54, 1.807) is 0 Å². The van der Waals surface area contributed by atoms with Gasteiger partial charge in [-0.15, -0.1) is 0 Å². The molecule has 0 spiro atoms. The van der Waals surface area contributed by atoms with Gasteiger partial charge in [-0.25, -0.2) is 4.98 Å². The predicted molar refractivity (Wildman–Crippen MR) is 50.7 cm³/mol. The first-order chi connectivity index (χ1) is 6.36. The molecule has 0 amide bonds. The molecule has 1 aliphatic heterocycles. The molecule has 13 heavy (non-hydrogen) atoms. The van der Waals surface area contributed by atoms with Crippen LogP contribution in [0, 0.1) is 5.92 Å². The van der Waals surface area contributed by atoms with E-state index in [1.807, 2.05) is 12.5 Å². The Labute approximate surface area is 78.2 Å². The van der Waals surface area contributed by atoms with Gasteiger partial charge in [-0.2, -0.15) is 0 Å². The van der Waals surface area contributed by atoms with Gasteiger partial charge in [0.2, 0.25) is 0 Å². The molecule has 3 rings (SSSR count). The second-order valence-electron chi connectivity index (χ2n) is 4.36. The maximum absolute atomic E-state index is 4.26. The quantitative estimate of drug-likeness (QED) is 0.734. The Morgan fingerprint density at radius 2 is 2.31 bits per heavy atom. The van der Waals surface area contributed by atoms with Crippen LogP contribution in [0.4, 0.5) is 0 Å². The molecule has 2 atom stereocenters. The first-order valence-electron chi connectivity index (χ1n) is 5.08. The third-order valence-electron chi connectivity index (χ3n) is 3.32. The molecular formula is C10H15N3. The minimum Gasteiger partial charge on any atom is -0.331 e. The molecule has 70 valence electrons. The maximum Gasteiger partial charge on any atom is 0.0950 e. The Hall–Kier alpha value is -0.830. The number of hydrogen-bond acceptors (Lipinski definition) is 2. The summed E-state index contributed by atoms with van der Waals surface area (Å²) >= 11 is 0. The molecule has 1 aromatic rings. The Morgan fingerprint density at radius 1 is 1.54 bits per heavy atom. The van der Waals surface area contributed by atoms with Gasteiger partial charge in [-0.3, -0.25) is 0 Å². The van der Waals surface area contributed by atoms with Crippen molar-refractivity contribution in [1.82, 2.24) is 14.9 Å². The zero-order valence-corrected chi connectivity index (χ0v) is 7.90. The number of aromatic nitrogens is 2. The molecule has 0 radical (unpaired) electrons. The van der Waals surface area contributed by atoms with Gasteiger partial charge >= 0.3 is 0 Å². The summed E-state index contributed by atoms with van der Waals surface area (Å²) in [5.74, 6) is 1.58. The van der Waals surface area contributed by atoms with Crippen LogP contribution in [0.25, 0.3) is 0 Å². The van der Waals surface area contributed by atoms with Crippen molar-refractivity contribution in [2.24, 2.45) is 5.92 Å². The molecule has 2 heterocycles. The van der Waals surface area contributed by atoms with Gasteiger partial charge in [0.15, 0.2) is 0 Å². The average Bonchev–Trinajstić information content (AvgIpc) is 2.58. The zero-order valence-electron chi connectivity index (χ0n) is 7.90. The van der Waals surface area contributed by atoms with Crippen molar-refractivity contribution in [1.29, 1.82) is 0 Å². The summed E-state index contributed by atoms with van der Waals surface area (Å²) in [6, 6.07) is 0.748. The highest BCUT2D eigenvalue weighted by atomic mass is 15.1. The molecule has 2 unspecified atom stereocenters. The first-order valence-corrected chi connectivity index (χ1v) is 5.08. The van der Waals surface area contributed by atoms with E-state index in [9.17, 15) is 0 Å². The van der Waals surface area contributed by atoms with Crippen molar-refractivity contribution in [2.45, 2.75) is 25.3 Å². The van der Waals surface area contributed by atoms with E-state index < -0.39 is 0 Å². The lowest BCUT2D eigenvalue weighted by Crippen LogP contribution is -2.40. The fourth-order valence-electron chi connectivity index (χ4n) is 2.10. The molecule has 2 fully saturated rings. The number of nitrogens with one attached hydrogen (secondary N) is 1. The summed E-state index contributed by atoms with van der Waals surface area (Å²) in [5.41, 5.74) is 1.44. The Kier molecular flexibility index (Phi) is 1.50. The normalized spacial score (nSPS) is 33.0. The van der Waals surface area contributed by atoms with Gasteiger partial charge < -0.3 is 9.88 Å². The van der Waals surface area contributed by atoms with Crippen molar-refractivity contribution >= 4 is 0 Å². The van der Waals surface area contributed by atoms with Gasteiger partial charge in [-0.05, 0) is 12.3 Å². The van der Waals surface area contributed by atoms with Crippen molar-refractivity contribution in [3.63, 3.8) is 0 Å². The summed E-state index contributed by atoms with van der Waals surface area (Å²) in [4.78, 5) is 4.26. The van der Waals surface area contributed by atoms with Crippen molar-refractivity contribution in [3.05, 3.63) is 18.2 Å². The molecule has 0 bridgehead atoms. The third-order valence-corrected chi connectivity index (χ3v) is 3.32. The molecule has 1 aliphatic carbocycles. The summed E-state index contributed by atoms with van der Waals surface area (Å²) in [6.45, 7) is 4.58. The largest absolute Gasteiger partial charge is 0.331 e. The van der Waals surface area contributed by atoms with Gasteiger partial charge in [0.1, 0.15) is 0 Å². The van der Waals surface area contributed by atoms with Crippen LogP contribution in [0.5, 0.6) is 0 Å². The molecule has 1 saturated carbocycles. The summed E-state index contributed by atoms with van der Waals surface area (Å²) in [5, 5.41) is 3.31. The first kappa shape index (κ1) is 7.56. The Balaban J connectivity index is 1.87. The maximum atomic E-state index is 4.26. The van der Waals surface area contributed by atoms with E-state index in [2.05, 4.69) is 21.8 Å². The molecule has 1 N–H and O–H groups in total. The van der Waals surface area contributed by atoms with E-state index in [1.165, 1.54) is 12.1 Å². The fourth-order valence-corrected chi connectivity index (χ4v) is 2.10. The summed E-state index contributed by atoms with van der Waals surface area (Å²) < 4.78 is 2.39. The number of nitrogens with zero attached hydrogens (tertiary/aromatic N) is 2. The van der Waals surface area contributed by atoms with Crippen LogP contribution in [0.15, 0.2) is 12.5 Å². The minimum absolute atomic E-state index is 0.718. The lowest BCUT2D eigenvalue weighted by atomic mass is 10.00. The molecule has 1 aromatic heterocycles. The van der Waals surface area contributed by atoms with Gasteiger partial charge in [0.05, 0.1) is 6.33 Å². The van der Waals surface area contributed by atoms with E-state index in [0.29, 0.717) is 0 Å². The zero-order chi connectivity index (χ0) is 8.84. The van der Waals surface area contributed by atoms with E-state index in [-0.39, 0.29) is 0 Å². The highest BCUT2D eigenvalue weighted by Gasteiger charge is 2.37. The SMILES string of the molecule is CC1CC1n1cncc1C1CNC1. The van der Waals surface area contributed by atoms with Crippen LogP contribution >= 0.6 is 0 Å². The van der Waals surface area contributed by atoms with Crippen molar-refractivity contribution in [2.75, 3.05) is 13.1 Å². The Bertz CT molecular complexity index is 294. The second-order valence-corrected chi connectivity index (χ2v) is 4.36. The fraction of sp³-hybridized carbons (Fsp3) is 0.700. The molecule has 3 heteroatoms. The molecule has 2 aliphatic rings. The van der Waals surface area contributed by atoms with E-state index in [4.69, 9.17) is 0 Å². The number of rotatable bonds is 2. The van der Waals surface area contributed by atoms with Crippen LogP contribution in [0.3, 0.4) is 0 Å². The highest BCUT2D eigenvalue weighted by Crippen LogP contribution is 2.44. The second kappa shape index (κ2) is 2.58. The van der Waals surface area contributed by atoms with Gasteiger partial charge in [0, 0.05) is 36.9 Å². The number of hydrogen-bond donors (Lipinski definition) is 1. The molecule has 0 aromatic carbocycles. The van der Waals surface area contributed by atoms with Crippen LogP contribution in [0.1, 0.15) is 31.0 Å². The average molecular weight is 177 g/mol.